The second-order valence-corrected chi connectivity index (χ2v) is 7.21. The maximum absolute atomic E-state index is 11.1. The van der Waals surface area contributed by atoms with Gasteiger partial charge in [0, 0.05) is 52.4 Å². The monoisotopic (exact) mass is 426 g/mol. The van der Waals surface area contributed by atoms with E-state index < -0.39 is 0 Å². The van der Waals surface area contributed by atoms with E-state index in [4.69, 9.17) is 4.74 Å². The van der Waals surface area contributed by atoms with Gasteiger partial charge in [-0.25, -0.2) is 0 Å². The van der Waals surface area contributed by atoms with E-state index in [1.54, 1.807) is 25.2 Å². The van der Waals surface area contributed by atoms with Gasteiger partial charge in [0.15, 0.2) is 5.96 Å². The molecule has 0 atom stereocenters. The lowest BCUT2D eigenvalue weighted by atomic mass is 10.1. The Bertz CT molecular complexity index is 883. The molecule has 9 nitrogen and oxygen atoms in total. The zero-order valence-electron chi connectivity index (χ0n) is 17.8. The predicted octanol–water partition coefficient (Wildman–Crippen LogP) is 2.20. The van der Waals surface area contributed by atoms with Crippen LogP contribution in [0, 0.1) is 10.1 Å². The normalized spacial score (nSPS) is 14.8. The van der Waals surface area contributed by atoms with Crippen LogP contribution in [0.3, 0.4) is 0 Å². The third kappa shape index (κ3) is 6.94. The number of nitro benzene ring substituents is 1. The first-order valence-electron chi connectivity index (χ1n) is 10.5. The van der Waals surface area contributed by atoms with Crippen molar-refractivity contribution in [2.24, 2.45) is 4.99 Å². The number of morpholine rings is 1. The van der Waals surface area contributed by atoms with Gasteiger partial charge < -0.3 is 20.7 Å². The van der Waals surface area contributed by atoms with Gasteiger partial charge in [0.2, 0.25) is 0 Å². The van der Waals surface area contributed by atoms with Crippen LogP contribution < -0.4 is 16.0 Å². The molecule has 2 aromatic rings. The third-order valence-electron chi connectivity index (χ3n) is 5.12. The SMILES string of the molecule is CN=C(NCCNc1ccccc1[N+](=O)[O-])NCc1ccccc1CN1CCOCC1. The summed E-state index contributed by atoms with van der Waals surface area (Å²) in [6.45, 7) is 6.16. The lowest BCUT2D eigenvalue weighted by Gasteiger charge is -2.27. The quantitative estimate of drug-likeness (QED) is 0.186. The number of hydrogen-bond acceptors (Lipinski definition) is 6. The Hall–Kier alpha value is -3.17. The zero-order chi connectivity index (χ0) is 21.9. The molecule has 0 saturated carbocycles. The van der Waals surface area contributed by atoms with E-state index in [-0.39, 0.29) is 10.6 Å². The number of nitrogens with zero attached hydrogens (tertiary/aromatic N) is 3. The Morgan fingerprint density at radius 3 is 2.52 bits per heavy atom. The van der Waals surface area contributed by atoms with Crippen LogP contribution in [0.4, 0.5) is 11.4 Å². The summed E-state index contributed by atoms with van der Waals surface area (Å²) in [6, 6.07) is 15.0. The highest BCUT2D eigenvalue weighted by Gasteiger charge is 2.13. The molecule has 31 heavy (non-hydrogen) atoms. The van der Waals surface area contributed by atoms with Gasteiger partial charge in [0.05, 0.1) is 18.1 Å². The summed E-state index contributed by atoms with van der Waals surface area (Å²) in [5.74, 6) is 0.686. The number of nitro groups is 1. The molecule has 166 valence electrons. The largest absolute Gasteiger partial charge is 0.379 e. The van der Waals surface area contributed by atoms with Crippen molar-refractivity contribution in [1.82, 2.24) is 15.5 Å². The van der Waals surface area contributed by atoms with E-state index in [9.17, 15) is 10.1 Å². The summed E-state index contributed by atoms with van der Waals surface area (Å²) >= 11 is 0. The van der Waals surface area contributed by atoms with Gasteiger partial charge in [-0.3, -0.25) is 20.0 Å². The van der Waals surface area contributed by atoms with Gasteiger partial charge in [0.25, 0.3) is 5.69 Å². The van der Waals surface area contributed by atoms with Gasteiger partial charge in [-0.1, -0.05) is 36.4 Å². The van der Waals surface area contributed by atoms with Crippen molar-refractivity contribution in [3.63, 3.8) is 0 Å². The molecule has 0 aromatic heterocycles. The van der Waals surface area contributed by atoms with E-state index in [1.165, 1.54) is 17.2 Å². The predicted molar refractivity (Wildman–Crippen MR) is 122 cm³/mol. The molecular weight excluding hydrogens is 396 g/mol. The summed E-state index contributed by atoms with van der Waals surface area (Å²) in [4.78, 5) is 17.4. The Morgan fingerprint density at radius 2 is 1.77 bits per heavy atom. The van der Waals surface area contributed by atoms with Gasteiger partial charge in [-0.05, 0) is 17.2 Å². The number of ether oxygens (including phenoxy) is 1. The van der Waals surface area contributed by atoms with Gasteiger partial charge in [-0.15, -0.1) is 0 Å². The Labute approximate surface area is 182 Å². The number of nitrogens with one attached hydrogen (secondary N) is 3. The van der Waals surface area contributed by atoms with Crippen LogP contribution in [0.5, 0.6) is 0 Å². The zero-order valence-corrected chi connectivity index (χ0v) is 17.8. The lowest BCUT2D eigenvalue weighted by molar-refractivity contribution is -0.384. The molecule has 0 amide bonds. The Kier molecular flexibility index (Phi) is 8.62. The van der Waals surface area contributed by atoms with E-state index in [0.29, 0.717) is 31.3 Å². The summed E-state index contributed by atoms with van der Waals surface area (Å²) in [6.07, 6.45) is 0. The fourth-order valence-corrected chi connectivity index (χ4v) is 3.44. The molecule has 0 unspecified atom stereocenters. The van der Waals surface area contributed by atoms with Crippen LogP contribution >= 0.6 is 0 Å². The average Bonchev–Trinajstić information content (AvgIpc) is 2.80. The van der Waals surface area contributed by atoms with Crippen molar-refractivity contribution >= 4 is 17.3 Å². The molecular formula is C22H30N6O3. The molecule has 1 aliphatic rings. The number of hydrogen-bond donors (Lipinski definition) is 3. The highest BCUT2D eigenvalue weighted by Crippen LogP contribution is 2.22. The number of aliphatic imine (C=N–C) groups is 1. The minimum absolute atomic E-state index is 0.0712. The summed E-state index contributed by atoms with van der Waals surface area (Å²) < 4.78 is 5.44. The van der Waals surface area contributed by atoms with E-state index in [0.717, 1.165) is 32.8 Å². The molecule has 0 spiro atoms. The van der Waals surface area contributed by atoms with Crippen molar-refractivity contribution < 1.29 is 9.66 Å². The van der Waals surface area contributed by atoms with Crippen molar-refractivity contribution in [2.75, 3.05) is 51.8 Å². The Balaban J connectivity index is 1.46. The van der Waals surface area contributed by atoms with E-state index in [2.05, 4.69) is 44.0 Å². The molecule has 3 N–H and O–H groups in total. The summed E-state index contributed by atoms with van der Waals surface area (Å²) in [5, 5.41) is 20.8. The van der Waals surface area contributed by atoms with Crippen molar-refractivity contribution in [2.45, 2.75) is 13.1 Å². The lowest BCUT2D eigenvalue weighted by Crippen LogP contribution is -2.39. The molecule has 1 fully saturated rings. The number of anilines is 1. The minimum Gasteiger partial charge on any atom is -0.379 e. The molecule has 0 aliphatic carbocycles. The number of rotatable bonds is 9. The van der Waals surface area contributed by atoms with Crippen molar-refractivity contribution in [3.8, 4) is 0 Å². The highest BCUT2D eigenvalue weighted by molar-refractivity contribution is 5.79. The van der Waals surface area contributed by atoms with Crippen LogP contribution in [-0.2, 0) is 17.8 Å². The number of para-hydroxylation sites is 2. The first-order chi connectivity index (χ1) is 15.2. The molecule has 3 rings (SSSR count). The maximum atomic E-state index is 11.1. The minimum atomic E-state index is -0.384. The number of guanidine groups is 1. The topological polar surface area (TPSA) is 104 Å². The molecule has 1 heterocycles. The fourth-order valence-electron chi connectivity index (χ4n) is 3.44. The smallest absolute Gasteiger partial charge is 0.292 e. The Morgan fingerprint density at radius 1 is 1.06 bits per heavy atom. The van der Waals surface area contributed by atoms with Gasteiger partial charge >= 0.3 is 0 Å². The van der Waals surface area contributed by atoms with Crippen molar-refractivity contribution in [1.29, 1.82) is 0 Å². The van der Waals surface area contributed by atoms with Gasteiger partial charge in [0.1, 0.15) is 5.69 Å². The molecule has 1 aliphatic heterocycles. The molecule has 2 aromatic carbocycles. The molecule has 0 radical (unpaired) electrons. The summed E-state index contributed by atoms with van der Waals surface area (Å²) in [7, 11) is 1.73. The van der Waals surface area contributed by atoms with Crippen LogP contribution in [0.25, 0.3) is 0 Å². The van der Waals surface area contributed by atoms with Crippen LogP contribution in [-0.4, -0.2) is 62.2 Å². The maximum Gasteiger partial charge on any atom is 0.292 e. The average molecular weight is 427 g/mol. The van der Waals surface area contributed by atoms with Gasteiger partial charge in [-0.2, -0.15) is 0 Å². The molecule has 0 bridgehead atoms. The molecule has 9 heteroatoms. The second kappa shape index (κ2) is 11.9. The number of benzene rings is 2. The fraction of sp³-hybridized carbons (Fsp3) is 0.409. The van der Waals surface area contributed by atoms with Crippen LogP contribution in [0.2, 0.25) is 0 Å². The van der Waals surface area contributed by atoms with Crippen molar-refractivity contribution in [3.05, 3.63) is 69.8 Å². The standard InChI is InChI=1S/C22H30N6O3/c1-23-22(25-11-10-24-20-8-4-5-9-21(20)28(29)30)26-16-18-6-2-3-7-19(18)17-27-12-14-31-15-13-27/h2-9,24H,10-17H2,1H3,(H2,23,25,26). The van der Waals surface area contributed by atoms with Crippen LogP contribution in [0.1, 0.15) is 11.1 Å². The summed E-state index contributed by atoms with van der Waals surface area (Å²) in [5.41, 5.74) is 3.11. The van der Waals surface area contributed by atoms with E-state index in [1.807, 2.05) is 6.07 Å². The first-order valence-corrected chi connectivity index (χ1v) is 10.5. The molecule has 1 saturated heterocycles. The highest BCUT2D eigenvalue weighted by atomic mass is 16.6. The first kappa shape index (κ1) is 22.5. The van der Waals surface area contributed by atoms with E-state index >= 15 is 0 Å². The second-order valence-electron chi connectivity index (χ2n) is 7.21. The third-order valence-corrected chi connectivity index (χ3v) is 5.12. The van der Waals surface area contributed by atoms with Crippen LogP contribution in [0.15, 0.2) is 53.5 Å².